The van der Waals surface area contributed by atoms with Crippen LogP contribution in [0.3, 0.4) is 0 Å². The van der Waals surface area contributed by atoms with Crippen molar-refractivity contribution >= 4 is 0 Å². The van der Waals surface area contributed by atoms with Gasteiger partial charge in [-0.3, -0.25) is 0 Å². The van der Waals surface area contributed by atoms with Crippen LogP contribution in [0, 0.1) is 5.92 Å². The van der Waals surface area contributed by atoms with Crippen LogP contribution < -0.4 is 10.5 Å². The average molecular weight is 247 g/mol. The molecule has 2 rings (SSSR count). The summed E-state index contributed by atoms with van der Waals surface area (Å²) in [6, 6.07) is 8.29. The van der Waals surface area contributed by atoms with Crippen LogP contribution in [0.2, 0.25) is 0 Å². The summed E-state index contributed by atoms with van der Waals surface area (Å²) in [5.41, 5.74) is 7.65. The van der Waals surface area contributed by atoms with Crippen molar-refractivity contribution in [2.45, 2.75) is 51.5 Å². The molecule has 0 unspecified atom stereocenters. The summed E-state index contributed by atoms with van der Waals surface area (Å²) in [5, 5.41) is 0. The van der Waals surface area contributed by atoms with Gasteiger partial charge in [-0.15, -0.1) is 0 Å². The predicted octanol–water partition coefficient (Wildman–Crippen LogP) is 3.84. The van der Waals surface area contributed by atoms with Crippen molar-refractivity contribution in [2.24, 2.45) is 11.7 Å². The number of hydrogen-bond acceptors (Lipinski definition) is 2. The molecule has 1 aliphatic rings. The van der Waals surface area contributed by atoms with Crippen LogP contribution in [0.4, 0.5) is 0 Å². The smallest absolute Gasteiger partial charge is 0.124 e. The Bertz CT molecular complexity index is 380. The normalized spacial score (nSPS) is 28.1. The molecule has 0 radical (unpaired) electrons. The van der Waals surface area contributed by atoms with Gasteiger partial charge in [0.1, 0.15) is 5.75 Å². The Morgan fingerprint density at radius 2 is 1.94 bits per heavy atom. The Hall–Kier alpha value is -1.02. The summed E-state index contributed by atoms with van der Waals surface area (Å²) in [5.74, 6) is 1.79. The molecular weight excluding hydrogens is 222 g/mol. The SMILES string of the molecule is CCCOc1ccccc1C1(N)CCC(C)CC1. The third kappa shape index (κ3) is 2.86. The minimum absolute atomic E-state index is 0.184. The monoisotopic (exact) mass is 247 g/mol. The third-order valence-corrected chi connectivity index (χ3v) is 4.05. The maximum absolute atomic E-state index is 6.64. The van der Waals surface area contributed by atoms with Gasteiger partial charge in [0.25, 0.3) is 0 Å². The summed E-state index contributed by atoms with van der Waals surface area (Å²) < 4.78 is 5.85. The first-order valence-corrected chi connectivity index (χ1v) is 7.17. The highest BCUT2D eigenvalue weighted by Crippen LogP contribution is 2.40. The topological polar surface area (TPSA) is 35.2 Å². The largest absolute Gasteiger partial charge is 0.493 e. The van der Waals surface area contributed by atoms with Crippen LogP contribution in [0.5, 0.6) is 5.75 Å². The summed E-state index contributed by atoms with van der Waals surface area (Å²) in [7, 11) is 0. The lowest BCUT2D eigenvalue weighted by atomic mass is 9.73. The highest BCUT2D eigenvalue weighted by atomic mass is 16.5. The van der Waals surface area contributed by atoms with Crippen LogP contribution >= 0.6 is 0 Å². The Kier molecular flexibility index (Phi) is 4.28. The summed E-state index contributed by atoms with van der Waals surface area (Å²) >= 11 is 0. The number of hydrogen-bond donors (Lipinski definition) is 1. The molecule has 2 heteroatoms. The minimum atomic E-state index is -0.184. The highest BCUT2D eigenvalue weighted by Gasteiger charge is 2.33. The van der Waals surface area contributed by atoms with E-state index in [9.17, 15) is 0 Å². The van der Waals surface area contributed by atoms with Gasteiger partial charge in [-0.2, -0.15) is 0 Å². The van der Waals surface area contributed by atoms with Crippen LogP contribution in [0.25, 0.3) is 0 Å². The standard InChI is InChI=1S/C16H25NO/c1-3-12-18-15-7-5-4-6-14(15)16(17)10-8-13(2)9-11-16/h4-7,13H,3,8-12,17H2,1-2H3. The van der Waals surface area contributed by atoms with E-state index in [-0.39, 0.29) is 5.54 Å². The maximum Gasteiger partial charge on any atom is 0.124 e. The molecule has 0 heterocycles. The fraction of sp³-hybridized carbons (Fsp3) is 0.625. The average Bonchev–Trinajstić information content (AvgIpc) is 2.40. The van der Waals surface area contributed by atoms with E-state index < -0.39 is 0 Å². The zero-order chi connectivity index (χ0) is 13.0. The molecule has 0 aliphatic heterocycles. The van der Waals surface area contributed by atoms with Gasteiger partial charge in [-0.1, -0.05) is 32.0 Å². The zero-order valence-corrected chi connectivity index (χ0v) is 11.6. The van der Waals surface area contributed by atoms with E-state index in [4.69, 9.17) is 10.5 Å². The molecule has 0 spiro atoms. The molecule has 100 valence electrons. The number of para-hydroxylation sites is 1. The molecule has 1 aliphatic carbocycles. The summed E-state index contributed by atoms with van der Waals surface area (Å²) in [6.07, 6.45) is 5.61. The molecular formula is C16H25NO. The Labute approximate surface area is 111 Å². The van der Waals surface area contributed by atoms with E-state index >= 15 is 0 Å². The summed E-state index contributed by atoms with van der Waals surface area (Å²) in [4.78, 5) is 0. The number of nitrogens with two attached hydrogens (primary N) is 1. The lowest BCUT2D eigenvalue weighted by molar-refractivity contribution is 0.234. The molecule has 1 aromatic rings. The zero-order valence-electron chi connectivity index (χ0n) is 11.6. The van der Waals surface area contributed by atoms with Gasteiger partial charge in [0.2, 0.25) is 0 Å². The fourth-order valence-electron chi connectivity index (χ4n) is 2.76. The molecule has 2 nitrogen and oxygen atoms in total. The van der Waals surface area contributed by atoms with E-state index in [1.54, 1.807) is 0 Å². The van der Waals surface area contributed by atoms with E-state index in [0.29, 0.717) is 0 Å². The molecule has 0 aromatic heterocycles. The van der Waals surface area contributed by atoms with E-state index in [1.165, 1.54) is 18.4 Å². The molecule has 0 atom stereocenters. The lowest BCUT2D eigenvalue weighted by Gasteiger charge is -2.37. The van der Waals surface area contributed by atoms with Crippen molar-refractivity contribution in [1.29, 1.82) is 0 Å². The maximum atomic E-state index is 6.64. The second kappa shape index (κ2) is 5.75. The quantitative estimate of drug-likeness (QED) is 0.877. The van der Waals surface area contributed by atoms with Crippen LogP contribution in [0.15, 0.2) is 24.3 Å². The molecule has 0 amide bonds. The minimum Gasteiger partial charge on any atom is -0.493 e. The first-order valence-electron chi connectivity index (χ1n) is 7.17. The van der Waals surface area contributed by atoms with E-state index in [0.717, 1.165) is 37.5 Å². The van der Waals surface area contributed by atoms with Crippen molar-refractivity contribution in [3.05, 3.63) is 29.8 Å². The van der Waals surface area contributed by atoms with Crippen LogP contribution in [-0.2, 0) is 5.54 Å². The van der Waals surface area contributed by atoms with Crippen molar-refractivity contribution < 1.29 is 4.74 Å². The Balaban J connectivity index is 2.20. The lowest BCUT2D eigenvalue weighted by Crippen LogP contribution is -2.40. The molecule has 18 heavy (non-hydrogen) atoms. The molecule has 2 N–H and O–H groups in total. The second-order valence-corrected chi connectivity index (χ2v) is 5.68. The van der Waals surface area contributed by atoms with Gasteiger partial charge in [0.15, 0.2) is 0 Å². The van der Waals surface area contributed by atoms with Crippen molar-refractivity contribution in [3.63, 3.8) is 0 Å². The molecule has 1 fully saturated rings. The van der Waals surface area contributed by atoms with Crippen molar-refractivity contribution in [2.75, 3.05) is 6.61 Å². The highest BCUT2D eigenvalue weighted by molar-refractivity contribution is 5.39. The van der Waals surface area contributed by atoms with Crippen LogP contribution in [-0.4, -0.2) is 6.61 Å². The first kappa shape index (κ1) is 13.4. The number of benzene rings is 1. The molecule has 1 aromatic carbocycles. The molecule has 0 saturated heterocycles. The van der Waals surface area contributed by atoms with Crippen molar-refractivity contribution in [1.82, 2.24) is 0 Å². The van der Waals surface area contributed by atoms with E-state index in [1.807, 2.05) is 6.07 Å². The summed E-state index contributed by atoms with van der Waals surface area (Å²) in [6.45, 7) is 5.21. The van der Waals surface area contributed by atoms with Crippen molar-refractivity contribution in [3.8, 4) is 5.75 Å². The molecule has 1 saturated carbocycles. The number of ether oxygens (including phenoxy) is 1. The van der Waals surface area contributed by atoms with Gasteiger partial charge < -0.3 is 10.5 Å². The Morgan fingerprint density at radius 3 is 2.61 bits per heavy atom. The van der Waals surface area contributed by atoms with Gasteiger partial charge in [-0.05, 0) is 44.1 Å². The van der Waals surface area contributed by atoms with E-state index in [2.05, 4.69) is 32.0 Å². The number of rotatable bonds is 4. The third-order valence-electron chi connectivity index (χ3n) is 4.05. The van der Waals surface area contributed by atoms with Gasteiger partial charge in [-0.25, -0.2) is 0 Å². The van der Waals surface area contributed by atoms with Gasteiger partial charge in [0, 0.05) is 11.1 Å². The Morgan fingerprint density at radius 1 is 1.28 bits per heavy atom. The van der Waals surface area contributed by atoms with Crippen LogP contribution in [0.1, 0.15) is 51.5 Å². The molecule has 0 bridgehead atoms. The van der Waals surface area contributed by atoms with Gasteiger partial charge in [0.05, 0.1) is 6.61 Å². The van der Waals surface area contributed by atoms with Gasteiger partial charge >= 0.3 is 0 Å². The fourth-order valence-corrected chi connectivity index (χ4v) is 2.76. The second-order valence-electron chi connectivity index (χ2n) is 5.68. The first-order chi connectivity index (χ1) is 8.65. The predicted molar refractivity (Wildman–Crippen MR) is 75.7 cm³/mol.